The number of nitrogens with one attached hydrogen (secondary N) is 1. The smallest absolute Gasteiger partial charge is 0.242 e. The third kappa shape index (κ3) is 6.46. The van der Waals surface area contributed by atoms with Crippen LogP contribution in [-0.2, 0) is 14.8 Å². The lowest BCUT2D eigenvalue weighted by Gasteiger charge is -2.20. The molecule has 4 aromatic carbocycles. The molecule has 0 unspecified atom stereocenters. The summed E-state index contributed by atoms with van der Waals surface area (Å²) < 4.78 is 28.7. The van der Waals surface area contributed by atoms with Gasteiger partial charge in [-0.05, 0) is 47.9 Å². The number of rotatable bonds is 10. The first-order valence-electron chi connectivity index (χ1n) is 13.3. The summed E-state index contributed by atoms with van der Waals surface area (Å²) in [6.45, 7) is 1.99. The van der Waals surface area contributed by atoms with E-state index in [9.17, 15) is 13.2 Å². The maximum Gasteiger partial charge on any atom is 0.242 e. The van der Waals surface area contributed by atoms with Crippen LogP contribution < -0.4 is 5.32 Å². The SMILES string of the molecule is Cc1cccc(-n2c(SCC(=O)NC(c3ccccc3)c3ccccc3)nnc2-c2cccc(S(=O)(=O)N(C)C)c2)c1. The highest BCUT2D eigenvalue weighted by Crippen LogP contribution is 2.30. The van der Waals surface area contributed by atoms with Gasteiger partial charge in [-0.25, -0.2) is 12.7 Å². The number of sulfonamides is 1. The van der Waals surface area contributed by atoms with Crippen LogP contribution in [-0.4, -0.2) is 53.2 Å². The van der Waals surface area contributed by atoms with Crippen LogP contribution in [0.4, 0.5) is 0 Å². The molecule has 0 radical (unpaired) electrons. The summed E-state index contributed by atoms with van der Waals surface area (Å²) in [5.41, 5.74) is 4.42. The average molecular weight is 598 g/mol. The molecule has 1 amide bonds. The van der Waals surface area contributed by atoms with Crippen molar-refractivity contribution in [3.8, 4) is 17.1 Å². The largest absolute Gasteiger partial charge is 0.344 e. The molecular formula is C32H31N5O3S2. The molecule has 214 valence electrons. The Labute approximate surface area is 250 Å². The van der Waals surface area contributed by atoms with Crippen LogP contribution in [0.5, 0.6) is 0 Å². The zero-order valence-corrected chi connectivity index (χ0v) is 25.1. The lowest BCUT2D eigenvalue weighted by molar-refractivity contribution is -0.119. The molecule has 0 bridgehead atoms. The highest BCUT2D eigenvalue weighted by molar-refractivity contribution is 7.99. The van der Waals surface area contributed by atoms with Gasteiger partial charge in [0.1, 0.15) is 0 Å². The number of hydrogen-bond acceptors (Lipinski definition) is 6. The van der Waals surface area contributed by atoms with Gasteiger partial charge in [0.15, 0.2) is 11.0 Å². The Kier molecular flexibility index (Phi) is 8.86. The predicted octanol–water partition coefficient (Wildman–Crippen LogP) is 5.49. The monoisotopic (exact) mass is 597 g/mol. The van der Waals surface area contributed by atoms with E-state index in [-0.39, 0.29) is 22.6 Å². The number of carbonyl (C=O) groups excluding carboxylic acids is 1. The first-order chi connectivity index (χ1) is 20.2. The summed E-state index contributed by atoms with van der Waals surface area (Å²) >= 11 is 1.27. The number of aryl methyl sites for hydroxylation is 1. The number of aromatic nitrogens is 3. The van der Waals surface area contributed by atoms with E-state index in [0.29, 0.717) is 16.5 Å². The molecule has 0 saturated heterocycles. The third-order valence-corrected chi connectivity index (χ3v) is 9.41. The second-order valence-corrected chi connectivity index (χ2v) is 13.0. The van der Waals surface area contributed by atoms with Gasteiger partial charge in [-0.2, -0.15) is 0 Å². The molecule has 0 saturated carbocycles. The zero-order valence-electron chi connectivity index (χ0n) is 23.5. The minimum absolute atomic E-state index is 0.106. The van der Waals surface area contributed by atoms with E-state index >= 15 is 0 Å². The van der Waals surface area contributed by atoms with Gasteiger partial charge in [-0.3, -0.25) is 9.36 Å². The van der Waals surface area contributed by atoms with Crippen molar-refractivity contribution in [2.45, 2.75) is 23.0 Å². The van der Waals surface area contributed by atoms with Crippen LogP contribution in [0.3, 0.4) is 0 Å². The average Bonchev–Trinajstić information content (AvgIpc) is 3.44. The minimum Gasteiger partial charge on any atom is -0.344 e. The Morgan fingerprint density at radius 2 is 1.50 bits per heavy atom. The number of carbonyl (C=O) groups is 1. The molecule has 1 heterocycles. The Morgan fingerprint density at radius 3 is 2.12 bits per heavy atom. The van der Waals surface area contributed by atoms with Crippen LogP contribution in [0, 0.1) is 6.92 Å². The van der Waals surface area contributed by atoms with E-state index < -0.39 is 10.0 Å². The Morgan fingerprint density at radius 1 is 0.857 bits per heavy atom. The molecule has 1 N–H and O–H groups in total. The van der Waals surface area contributed by atoms with Gasteiger partial charge in [0.25, 0.3) is 0 Å². The molecule has 0 aliphatic heterocycles. The number of hydrogen-bond donors (Lipinski definition) is 1. The summed E-state index contributed by atoms with van der Waals surface area (Å²) in [6, 6.07) is 33.9. The lowest BCUT2D eigenvalue weighted by atomic mass is 9.99. The van der Waals surface area contributed by atoms with Crippen LogP contribution in [0.2, 0.25) is 0 Å². The molecule has 0 aliphatic carbocycles. The van der Waals surface area contributed by atoms with E-state index in [1.807, 2.05) is 96.4 Å². The molecule has 0 fully saturated rings. The molecule has 1 aromatic heterocycles. The van der Waals surface area contributed by atoms with Crippen molar-refractivity contribution in [1.29, 1.82) is 0 Å². The zero-order chi connectivity index (χ0) is 29.7. The van der Waals surface area contributed by atoms with E-state index in [1.165, 1.54) is 30.2 Å². The Balaban J connectivity index is 1.45. The first-order valence-corrected chi connectivity index (χ1v) is 15.7. The molecule has 0 atom stereocenters. The molecule has 42 heavy (non-hydrogen) atoms. The van der Waals surface area contributed by atoms with Crippen LogP contribution in [0.1, 0.15) is 22.7 Å². The molecule has 5 aromatic rings. The maximum atomic E-state index is 13.3. The van der Waals surface area contributed by atoms with Gasteiger partial charge >= 0.3 is 0 Å². The van der Waals surface area contributed by atoms with Crippen molar-refractivity contribution in [3.63, 3.8) is 0 Å². The van der Waals surface area contributed by atoms with Gasteiger partial charge in [-0.1, -0.05) is 96.7 Å². The van der Waals surface area contributed by atoms with Crippen molar-refractivity contribution in [2.75, 3.05) is 19.8 Å². The Hall–Kier alpha value is -4.25. The first kappa shape index (κ1) is 29.2. The van der Waals surface area contributed by atoms with Crippen LogP contribution in [0.25, 0.3) is 17.1 Å². The van der Waals surface area contributed by atoms with Crippen LogP contribution >= 0.6 is 11.8 Å². The normalized spacial score (nSPS) is 11.6. The van der Waals surface area contributed by atoms with Crippen molar-refractivity contribution in [3.05, 3.63) is 126 Å². The van der Waals surface area contributed by atoms with Crippen molar-refractivity contribution in [2.24, 2.45) is 0 Å². The number of nitrogens with zero attached hydrogens (tertiary/aromatic N) is 4. The Bertz CT molecular complexity index is 1750. The fourth-order valence-electron chi connectivity index (χ4n) is 4.54. The van der Waals surface area contributed by atoms with Crippen molar-refractivity contribution in [1.82, 2.24) is 24.4 Å². The van der Waals surface area contributed by atoms with Crippen molar-refractivity contribution >= 4 is 27.7 Å². The molecule has 8 nitrogen and oxygen atoms in total. The molecule has 0 aliphatic rings. The van der Waals surface area contributed by atoms with Gasteiger partial charge in [0.2, 0.25) is 15.9 Å². The van der Waals surface area contributed by atoms with Crippen molar-refractivity contribution < 1.29 is 13.2 Å². The second-order valence-electron chi connectivity index (χ2n) is 9.91. The van der Waals surface area contributed by atoms with Gasteiger partial charge in [-0.15, -0.1) is 10.2 Å². The lowest BCUT2D eigenvalue weighted by Crippen LogP contribution is -2.30. The standard InChI is InChI=1S/C32H31N5O3S2/c1-23-12-10-18-27(20-23)37-31(26-17-11-19-28(21-26)42(39,40)36(2)3)34-35-32(37)41-22-29(38)33-30(24-13-6-4-7-14-24)25-15-8-5-9-16-25/h4-21,30H,22H2,1-3H3,(H,33,38). The van der Waals surface area contributed by atoms with E-state index in [1.54, 1.807) is 24.3 Å². The predicted molar refractivity (Wildman–Crippen MR) is 166 cm³/mol. The summed E-state index contributed by atoms with van der Waals surface area (Å²) in [5, 5.41) is 12.6. The minimum atomic E-state index is -3.65. The summed E-state index contributed by atoms with van der Waals surface area (Å²) in [7, 11) is -0.652. The third-order valence-electron chi connectivity index (χ3n) is 6.67. The summed E-state index contributed by atoms with van der Waals surface area (Å²) in [4.78, 5) is 13.5. The number of thioether (sulfide) groups is 1. The van der Waals surface area contributed by atoms with E-state index in [4.69, 9.17) is 0 Å². The van der Waals surface area contributed by atoms with Gasteiger partial charge in [0, 0.05) is 25.3 Å². The maximum absolute atomic E-state index is 13.3. The number of amides is 1. The molecule has 0 spiro atoms. The quantitative estimate of drug-likeness (QED) is 0.214. The molecule has 5 rings (SSSR count). The van der Waals surface area contributed by atoms with Gasteiger partial charge < -0.3 is 5.32 Å². The fourth-order valence-corrected chi connectivity index (χ4v) is 6.25. The highest BCUT2D eigenvalue weighted by atomic mass is 32.2. The van der Waals surface area contributed by atoms with Crippen LogP contribution in [0.15, 0.2) is 119 Å². The number of benzene rings is 4. The van der Waals surface area contributed by atoms with E-state index in [0.717, 1.165) is 22.4 Å². The molecule has 10 heteroatoms. The summed E-state index contributed by atoms with van der Waals surface area (Å²) in [5.74, 6) is 0.428. The van der Waals surface area contributed by atoms with Gasteiger partial charge in [0.05, 0.1) is 16.7 Å². The fraction of sp³-hybridized carbons (Fsp3) is 0.156. The molecular weight excluding hydrogens is 567 g/mol. The topological polar surface area (TPSA) is 97.2 Å². The summed E-state index contributed by atoms with van der Waals surface area (Å²) in [6.07, 6.45) is 0. The van der Waals surface area contributed by atoms with E-state index in [2.05, 4.69) is 15.5 Å². The highest BCUT2D eigenvalue weighted by Gasteiger charge is 2.22. The second kappa shape index (κ2) is 12.7.